The number of benzene rings is 1. The van der Waals surface area contributed by atoms with Gasteiger partial charge in [0.15, 0.2) is 0 Å². The van der Waals surface area contributed by atoms with E-state index in [0.717, 1.165) is 23.0 Å². The number of oxime groups is 1. The summed E-state index contributed by atoms with van der Waals surface area (Å²) in [7, 11) is 0. The fourth-order valence-corrected chi connectivity index (χ4v) is 2.45. The number of para-hydroxylation sites is 1. The predicted molar refractivity (Wildman–Crippen MR) is 68.3 cm³/mol. The summed E-state index contributed by atoms with van der Waals surface area (Å²) in [4.78, 5) is 11.9. The topological polar surface area (TPSA) is 66.6 Å². The Bertz CT molecular complexity index is 670. The van der Waals surface area contributed by atoms with Crippen molar-refractivity contribution in [3.8, 4) is 0 Å². The molecule has 1 amide bonds. The highest BCUT2D eigenvalue weighted by Gasteiger charge is 2.20. The zero-order chi connectivity index (χ0) is 12.7. The van der Waals surface area contributed by atoms with E-state index in [1.165, 1.54) is 0 Å². The molecule has 0 saturated heterocycles. The molecule has 1 aromatic heterocycles. The Labute approximate surface area is 104 Å². The van der Waals surface area contributed by atoms with E-state index < -0.39 is 0 Å². The highest BCUT2D eigenvalue weighted by Crippen LogP contribution is 2.26. The van der Waals surface area contributed by atoms with Crippen LogP contribution in [-0.4, -0.2) is 27.9 Å². The molecule has 92 valence electrons. The van der Waals surface area contributed by atoms with Crippen LogP contribution in [-0.2, 0) is 6.54 Å². The normalized spacial score (nSPS) is 15.6. The van der Waals surface area contributed by atoms with Crippen molar-refractivity contribution in [1.29, 1.82) is 0 Å². The standard InChI is InChI=1S/C13H13N3O2/c1-8(15-18)11-7-16-6-5-14-13(17)10-4-2-3-9(11)12(10)16/h2-4,7,18H,5-6H2,1H3,(H,14,17)/b15-8+. The Morgan fingerprint density at radius 3 is 3.11 bits per heavy atom. The molecular formula is C13H13N3O2. The molecule has 5 heteroatoms. The van der Waals surface area contributed by atoms with Crippen molar-refractivity contribution >= 4 is 22.5 Å². The maximum Gasteiger partial charge on any atom is 0.253 e. The lowest BCUT2D eigenvalue weighted by molar-refractivity contribution is 0.0956. The summed E-state index contributed by atoms with van der Waals surface area (Å²) in [5.74, 6) is -0.0532. The lowest BCUT2D eigenvalue weighted by Crippen LogP contribution is -2.24. The summed E-state index contributed by atoms with van der Waals surface area (Å²) in [5, 5.41) is 16.0. The molecule has 1 aliphatic heterocycles. The minimum absolute atomic E-state index is 0.0532. The van der Waals surface area contributed by atoms with E-state index >= 15 is 0 Å². The van der Waals surface area contributed by atoms with E-state index in [1.54, 1.807) is 6.92 Å². The first kappa shape index (κ1) is 10.8. The van der Waals surface area contributed by atoms with Crippen LogP contribution in [0.15, 0.2) is 29.6 Å². The van der Waals surface area contributed by atoms with E-state index in [4.69, 9.17) is 5.21 Å². The van der Waals surface area contributed by atoms with Crippen LogP contribution < -0.4 is 5.32 Å². The van der Waals surface area contributed by atoms with Crippen LogP contribution in [0.2, 0.25) is 0 Å². The first-order valence-corrected chi connectivity index (χ1v) is 5.81. The summed E-state index contributed by atoms with van der Waals surface area (Å²) >= 11 is 0. The first-order valence-electron chi connectivity index (χ1n) is 5.81. The molecule has 0 fully saturated rings. The minimum atomic E-state index is -0.0532. The van der Waals surface area contributed by atoms with Gasteiger partial charge in [-0.1, -0.05) is 17.3 Å². The Morgan fingerprint density at radius 2 is 2.33 bits per heavy atom. The van der Waals surface area contributed by atoms with Gasteiger partial charge in [-0.15, -0.1) is 0 Å². The third kappa shape index (κ3) is 1.40. The number of carbonyl (C=O) groups is 1. The van der Waals surface area contributed by atoms with E-state index in [1.807, 2.05) is 29.0 Å². The molecule has 2 N–H and O–H groups in total. The van der Waals surface area contributed by atoms with Crippen molar-refractivity contribution in [2.24, 2.45) is 5.16 Å². The summed E-state index contributed by atoms with van der Waals surface area (Å²) in [6.07, 6.45) is 1.93. The average molecular weight is 243 g/mol. The number of rotatable bonds is 1. The van der Waals surface area contributed by atoms with Gasteiger partial charge in [-0.2, -0.15) is 0 Å². The maximum atomic E-state index is 11.9. The van der Waals surface area contributed by atoms with E-state index in [9.17, 15) is 4.79 Å². The van der Waals surface area contributed by atoms with Gasteiger partial charge < -0.3 is 15.1 Å². The average Bonchev–Trinajstić information content (AvgIpc) is 2.68. The number of hydrogen-bond donors (Lipinski definition) is 2. The van der Waals surface area contributed by atoms with Gasteiger partial charge in [0.25, 0.3) is 5.91 Å². The number of nitrogens with zero attached hydrogens (tertiary/aromatic N) is 2. The number of aromatic nitrogens is 1. The summed E-state index contributed by atoms with van der Waals surface area (Å²) in [6, 6.07) is 5.60. The van der Waals surface area contributed by atoms with Gasteiger partial charge in [-0.05, 0) is 13.0 Å². The molecule has 0 spiro atoms. The third-order valence-electron chi connectivity index (χ3n) is 3.32. The number of amides is 1. The van der Waals surface area contributed by atoms with Crippen molar-refractivity contribution in [1.82, 2.24) is 9.88 Å². The summed E-state index contributed by atoms with van der Waals surface area (Å²) in [6.45, 7) is 3.07. The highest BCUT2D eigenvalue weighted by molar-refractivity contribution is 6.14. The molecule has 18 heavy (non-hydrogen) atoms. The quantitative estimate of drug-likeness (QED) is 0.453. The monoisotopic (exact) mass is 243 g/mol. The molecule has 3 rings (SSSR count). The fraction of sp³-hybridized carbons (Fsp3) is 0.231. The van der Waals surface area contributed by atoms with Gasteiger partial charge in [-0.25, -0.2) is 0 Å². The van der Waals surface area contributed by atoms with Crippen LogP contribution in [0.1, 0.15) is 22.8 Å². The SMILES string of the molecule is C/C(=N\O)c1cn2c3c(cccc13)C(=O)NCC2. The Kier molecular flexibility index (Phi) is 2.33. The Morgan fingerprint density at radius 1 is 1.50 bits per heavy atom. The summed E-state index contributed by atoms with van der Waals surface area (Å²) < 4.78 is 2.03. The van der Waals surface area contributed by atoms with E-state index in [0.29, 0.717) is 17.8 Å². The molecule has 0 aliphatic carbocycles. The second-order valence-corrected chi connectivity index (χ2v) is 4.38. The van der Waals surface area contributed by atoms with Gasteiger partial charge in [-0.3, -0.25) is 4.79 Å². The number of nitrogens with one attached hydrogen (secondary N) is 1. The van der Waals surface area contributed by atoms with Crippen molar-refractivity contribution in [3.63, 3.8) is 0 Å². The first-order chi connectivity index (χ1) is 8.72. The third-order valence-corrected chi connectivity index (χ3v) is 3.32. The van der Waals surface area contributed by atoms with Crippen LogP contribution >= 0.6 is 0 Å². The van der Waals surface area contributed by atoms with Gasteiger partial charge in [0.1, 0.15) is 0 Å². The zero-order valence-corrected chi connectivity index (χ0v) is 9.97. The van der Waals surface area contributed by atoms with Crippen LogP contribution in [0.25, 0.3) is 10.9 Å². The second kappa shape index (κ2) is 3.87. The molecule has 1 aromatic carbocycles. The molecule has 0 radical (unpaired) electrons. The fourth-order valence-electron chi connectivity index (χ4n) is 2.45. The molecule has 0 atom stereocenters. The van der Waals surface area contributed by atoms with Crippen molar-refractivity contribution < 1.29 is 10.0 Å². The summed E-state index contributed by atoms with van der Waals surface area (Å²) in [5.41, 5.74) is 2.99. The van der Waals surface area contributed by atoms with Gasteiger partial charge in [0, 0.05) is 30.2 Å². The van der Waals surface area contributed by atoms with Crippen molar-refractivity contribution in [2.45, 2.75) is 13.5 Å². The minimum Gasteiger partial charge on any atom is -0.411 e. The Balaban J connectivity index is 2.39. The van der Waals surface area contributed by atoms with Gasteiger partial charge in [0.05, 0.1) is 16.8 Å². The van der Waals surface area contributed by atoms with Crippen LogP contribution in [0, 0.1) is 0 Å². The molecular weight excluding hydrogens is 230 g/mol. The van der Waals surface area contributed by atoms with E-state index in [2.05, 4.69) is 10.5 Å². The number of carbonyl (C=O) groups excluding carboxylic acids is 1. The van der Waals surface area contributed by atoms with Gasteiger partial charge in [0.2, 0.25) is 0 Å². The van der Waals surface area contributed by atoms with Crippen molar-refractivity contribution in [2.75, 3.05) is 6.54 Å². The molecule has 5 nitrogen and oxygen atoms in total. The predicted octanol–water partition coefficient (Wildman–Crippen LogP) is 1.58. The molecule has 0 unspecified atom stereocenters. The Hall–Kier alpha value is -2.30. The van der Waals surface area contributed by atoms with Crippen LogP contribution in [0.5, 0.6) is 0 Å². The molecule has 0 bridgehead atoms. The number of hydrogen-bond acceptors (Lipinski definition) is 3. The maximum absolute atomic E-state index is 11.9. The lowest BCUT2D eigenvalue weighted by Gasteiger charge is -2.01. The van der Waals surface area contributed by atoms with Crippen LogP contribution in [0.3, 0.4) is 0 Å². The smallest absolute Gasteiger partial charge is 0.253 e. The molecule has 1 aliphatic rings. The van der Waals surface area contributed by atoms with Crippen molar-refractivity contribution in [3.05, 3.63) is 35.5 Å². The molecule has 2 aromatic rings. The molecule has 0 saturated carbocycles. The lowest BCUT2D eigenvalue weighted by atomic mass is 10.1. The highest BCUT2D eigenvalue weighted by atomic mass is 16.4. The van der Waals surface area contributed by atoms with Gasteiger partial charge >= 0.3 is 0 Å². The largest absolute Gasteiger partial charge is 0.411 e. The van der Waals surface area contributed by atoms with Crippen LogP contribution in [0.4, 0.5) is 0 Å². The molecule has 2 heterocycles. The zero-order valence-electron chi connectivity index (χ0n) is 9.97. The second-order valence-electron chi connectivity index (χ2n) is 4.38. The van der Waals surface area contributed by atoms with E-state index in [-0.39, 0.29) is 5.91 Å².